The Morgan fingerprint density at radius 1 is 1.29 bits per heavy atom. The van der Waals surface area contributed by atoms with Gasteiger partial charge in [-0.15, -0.1) is 0 Å². The number of hydrogen-bond donors (Lipinski definition) is 2. The maximum absolute atomic E-state index is 12.5. The number of nitriles is 1. The summed E-state index contributed by atoms with van der Waals surface area (Å²) in [5.74, 6) is -0.0490. The molecule has 0 bridgehead atoms. The first kappa shape index (κ1) is 18.1. The third-order valence-corrected chi connectivity index (χ3v) is 4.60. The molecule has 1 aliphatic rings. The van der Waals surface area contributed by atoms with Crippen molar-refractivity contribution in [2.75, 3.05) is 5.32 Å². The van der Waals surface area contributed by atoms with Gasteiger partial charge in [0, 0.05) is 17.9 Å². The Hall–Kier alpha value is -2.28. The molecule has 0 atom stereocenters. The van der Waals surface area contributed by atoms with Crippen LogP contribution in [-0.2, 0) is 4.79 Å². The van der Waals surface area contributed by atoms with Crippen LogP contribution in [0.1, 0.15) is 63.0 Å². The van der Waals surface area contributed by atoms with Crippen LogP contribution in [-0.4, -0.2) is 11.9 Å². The number of aryl methyl sites for hydroxylation is 1. The number of nitrogens with one attached hydrogen (secondary N) is 2. The molecule has 0 heterocycles. The number of rotatable bonds is 5. The molecule has 2 rings (SSSR count). The molecule has 24 heavy (non-hydrogen) atoms. The number of hydrogen-bond acceptors (Lipinski definition) is 3. The zero-order chi connectivity index (χ0) is 17.5. The average Bonchev–Trinajstić information content (AvgIpc) is 2.58. The van der Waals surface area contributed by atoms with E-state index in [1.54, 1.807) is 6.20 Å². The summed E-state index contributed by atoms with van der Waals surface area (Å²) in [5.41, 5.74) is 3.03. The number of carbonyl (C=O) groups excluding carboxylic acids is 1. The number of benzene rings is 1. The highest BCUT2D eigenvalue weighted by atomic mass is 16.1. The number of carbonyl (C=O) groups is 1. The summed E-state index contributed by atoms with van der Waals surface area (Å²) < 4.78 is 0. The van der Waals surface area contributed by atoms with Crippen molar-refractivity contribution in [1.82, 2.24) is 5.32 Å². The molecule has 2 N–H and O–H groups in total. The first-order chi connectivity index (χ1) is 11.5. The second-order valence-electron chi connectivity index (χ2n) is 6.82. The van der Waals surface area contributed by atoms with Gasteiger partial charge in [0.1, 0.15) is 11.6 Å². The molecule has 4 nitrogen and oxygen atoms in total. The fourth-order valence-electron chi connectivity index (χ4n) is 3.14. The number of amides is 1. The van der Waals surface area contributed by atoms with Crippen LogP contribution < -0.4 is 10.6 Å². The van der Waals surface area contributed by atoms with Crippen molar-refractivity contribution in [3.8, 4) is 6.07 Å². The minimum absolute atomic E-state index is 0.124. The van der Waals surface area contributed by atoms with Gasteiger partial charge < -0.3 is 10.6 Å². The van der Waals surface area contributed by atoms with Crippen molar-refractivity contribution >= 4 is 11.6 Å². The van der Waals surface area contributed by atoms with Gasteiger partial charge in [-0.1, -0.05) is 51.3 Å². The quantitative estimate of drug-likeness (QED) is 0.623. The molecule has 1 amide bonds. The molecule has 4 heteroatoms. The summed E-state index contributed by atoms with van der Waals surface area (Å²) in [4.78, 5) is 12.5. The van der Waals surface area contributed by atoms with E-state index in [1.807, 2.05) is 31.2 Å². The van der Waals surface area contributed by atoms with Crippen LogP contribution >= 0.6 is 0 Å². The van der Waals surface area contributed by atoms with E-state index in [1.165, 1.54) is 19.3 Å². The van der Waals surface area contributed by atoms with Crippen molar-refractivity contribution in [2.24, 2.45) is 0 Å². The van der Waals surface area contributed by atoms with Gasteiger partial charge >= 0.3 is 0 Å². The predicted molar refractivity (Wildman–Crippen MR) is 97.6 cm³/mol. The first-order valence-electron chi connectivity index (χ1n) is 8.80. The highest BCUT2D eigenvalue weighted by Crippen LogP contribution is 2.27. The highest BCUT2D eigenvalue weighted by Gasteiger charge is 2.16. The molecule has 0 aromatic heterocycles. The standard InChI is InChI=1S/C20H27N3O/c1-14(2)18-11-7-8-15(3)19(18)23-20(24)16(12-21)13-22-17-9-5-4-6-10-17/h7-8,11,13-14,17,22H,4-6,9-10H2,1-3H3,(H,23,24)/b16-13-. The van der Waals surface area contributed by atoms with Gasteiger partial charge in [0.15, 0.2) is 0 Å². The first-order valence-corrected chi connectivity index (χ1v) is 8.80. The van der Waals surface area contributed by atoms with E-state index in [0.717, 1.165) is 29.7 Å². The van der Waals surface area contributed by atoms with E-state index in [9.17, 15) is 10.1 Å². The lowest BCUT2D eigenvalue weighted by molar-refractivity contribution is -0.112. The Morgan fingerprint density at radius 3 is 2.62 bits per heavy atom. The van der Waals surface area contributed by atoms with Crippen LogP contribution in [0.25, 0.3) is 0 Å². The molecule has 0 saturated heterocycles. The van der Waals surface area contributed by atoms with Gasteiger partial charge in [-0.3, -0.25) is 4.79 Å². The SMILES string of the molecule is Cc1cccc(C(C)C)c1NC(=O)/C(C#N)=C\NC1CCCCC1. The number of anilines is 1. The Morgan fingerprint density at radius 2 is 2.00 bits per heavy atom. The topological polar surface area (TPSA) is 64.9 Å². The number of para-hydroxylation sites is 1. The van der Waals surface area contributed by atoms with E-state index in [2.05, 4.69) is 24.5 Å². The molecule has 0 radical (unpaired) electrons. The van der Waals surface area contributed by atoms with E-state index in [0.29, 0.717) is 12.0 Å². The van der Waals surface area contributed by atoms with Gasteiger partial charge in [-0.05, 0) is 36.8 Å². The Labute approximate surface area is 144 Å². The van der Waals surface area contributed by atoms with E-state index >= 15 is 0 Å². The van der Waals surface area contributed by atoms with E-state index in [-0.39, 0.29) is 11.5 Å². The summed E-state index contributed by atoms with van der Waals surface area (Å²) in [7, 11) is 0. The molecule has 1 fully saturated rings. The Kier molecular flexibility index (Phi) is 6.43. The van der Waals surface area contributed by atoms with Gasteiger partial charge in [0.25, 0.3) is 5.91 Å². The van der Waals surface area contributed by atoms with Gasteiger partial charge in [0.05, 0.1) is 0 Å². The second-order valence-corrected chi connectivity index (χ2v) is 6.82. The minimum atomic E-state index is -0.350. The molecular formula is C20H27N3O. The summed E-state index contributed by atoms with van der Waals surface area (Å²) in [6.45, 7) is 6.16. The highest BCUT2D eigenvalue weighted by molar-refractivity contribution is 6.07. The van der Waals surface area contributed by atoms with Crippen molar-refractivity contribution in [3.05, 3.63) is 41.1 Å². The van der Waals surface area contributed by atoms with Crippen LogP contribution in [0.4, 0.5) is 5.69 Å². The summed E-state index contributed by atoms with van der Waals surface area (Å²) in [6, 6.07) is 8.37. The molecule has 128 valence electrons. The lowest BCUT2D eigenvalue weighted by atomic mass is 9.95. The molecule has 1 saturated carbocycles. The maximum Gasteiger partial charge on any atom is 0.267 e. The normalized spacial score (nSPS) is 15.9. The van der Waals surface area contributed by atoms with Crippen molar-refractivity contribution in [1.29, 1.82) is 5.26 Å². The van der Waals surface area contributed by atoms with E-state index in [4.69, 9.17) is 0 Å². The van der Waals surface area contributed by atoms with Crippen LogP contribution in [0.15, 0.2) is 30.0 Å². The maximum atomic E-state index is 12.5. The zero-order valence-corrected chi connectivity index (χ0v) is 14.9. The largest absolute Gasteiger partial charge is 0.387 e. The van der Waals surface area contributed by atoms with Crippen LogP contribution in [0.3, 0.4) is 0 Å². The molecular weight excluding hydrogens is 298 g/mol. The fraction of sp³-hybridized carbons (Fsp3) is 0.500. The summed E-state index contributed by atoms with van der Waals surface area (Å²) in [6.07, 6.45) is 7.48. The van der Waals surface area contributed by atoms with Gasteiger partial charge in [0.2, 0.25) is 0 Å². The summed E-state index contributed by atoms with van der Waals surface area (Å²) >= 11 is 0. The van der Waals surface area contributed by atoms with Crippen molar-refractivity contribution < 1.29 is 4.79 Å². The van der Waals surface area contributed by atoms with Crippen LogP contribution in [0.5, 0.6) is 0 Å². The van der Waals surface area contributed by atoms with E-state index < -0.39 is 0 Å². The fourth-order valence-corrected chi connectivity index (χ4v) is 3.14. The molecule has 0 unspecified atom stereocenters. The predicted octanol–water partition coefficient (Wildman–Crippen LogP) is 4.39. The van der Waals surface area contributed by atoms with Gasteiger partial charge in [-0.25, -0.2) is 0 Å². The minimum Gasteiger partial charge on any atom is -0.387 e. The third-order valence-electron chi connectivity index (χ3n) is 4.60. The molecule has 1 aromatic rings. The van der Waals surface area contributed by atoms with Crippen molar-refractivity contribution in [2.45, 2.75) is 64.8 Å². The van der Waals surface area contributed by atoms with Gasteiger partial charge in [-0.2, -0.15) is 5.26 Å². The monoisotopic (exact) mass is 325 g/mol. The van der Waals surface area contributed by atoms with Crippen LogP contribution in [0, 0.1) is 18.3 Å². The van der Waals surface area contributed by atoms with Crippen LogP contribution in [0.2, 0.25) is 0 Å². The second kappa shape index (κ2) is 8.54. The zero-order valence-electron chi connectivity index (χ0n) is 14.9. The number of nitrogens with zero attached hydrogens (tertiary/aromatic N) is 1. The molecule has 0 spiro atoms. The lowest BCUT2D eigenvalue weighted by Crippen LogP contribution is -2.28. The third kappa shape index (κ3) is 4.61. The average molecular weight is 325 g/mol. The smallest absolute Gasteiger partial charge is 0.267 e. The summed E-state index contributed by atoms with van der Waals surface area (Å²) in [5, 5.41) is 15.5. The van der Waals surface area contributed by atoms with Crippen molar-refractivity contribution in [3.63, 3.8) is 0 Å². The lowest BCUT2D eigenvalue weighted by Gasteiger charge is -2.22. The Bertz CT molecular complexity index is 649. The Balaban J connectivity index is 2.11. The molecule has 1 aliphatic carbocycles. The molecule has 1 aromatic carbocycles. The molecule has 0 aliphatic heterocycles.